The van der Waals surface area contributed by atoms with Gasteiger partial charge in [0.25, 0.3) is 0 Å². The molecule has 0 aliphatic rings. The molecular weight excluding hydrogens is 256 g/mol. The van der Waals surface area contributed by atoms with Crippen molar-refractivity contribution in [1.82, 2.24) is 4.98 Å². The molecule has 0 saturated heterocycles. The number of anilines is 1. The minimum Gasteiger partial charge on any atom is -0.436 e. The van der Waals surface area contributed by atoms with Crippen molar-refractivity contribution in [3.63, 3.8) is 0 Å². The first-order valence-electron chi connectivity index (χ1n) is 6.08. The monoisotopic (exact) mass is 270 g/mol. The molecule has 0 atom stereocenters. The van der Waals surface area contributed by atoms with Crippen LogP contribution in [0.1, 0.15) is 24.2 Å². The summed E-state index contributed by atoms with van der Waals surface area (Å²) in [5.74, 6) is 0.320. The number of ketones is 1. The summed E-state index contributed by atoms with van der Waals surface area (Å²) in [4.78, 5) is 26.7. The molecule has 102 valence electrons. The highest BCUT2D eigenvalue weighted by atomic mass is 16.5. The van der Waals surface area contributed by atoms with Crippen molar-refractivity contribution in [3.05, 3.63) is 48.2 Å². The maximum Gasteiger partial charge on any atom is 0.230 e. The van der Waals surface area contributed by atoms with Gasteiger partial charge in [-0.1, -0.05) is 12.1 Å². The number of benzene rings is 1. The summed E-state index contributed by atoms with van der Waals surface area (Å²) in [6.45, 7) is 2.86. The van der Waals surface area contributed by atoms with E-state index < -0.39 is 0 Å². The van der Waals surface area contributed by atoms with Gasteiger partial charge in [-0.25, -0.2) is 4.98 Å². The SMILES string of the molecule is CC(=O)Nc1ccccc1Oc1ncccc1C(C)=O. The van der Waals surface area contributed by atoms with Crippen LogP contribution < -0.4 is 10.1 Å². The summed E-state index contributed by atoms with van der Waals surface area (Å²) in [5, 5.41) is 2.67. The molecule has 2 aromatic rings. The average molecular weight is 270 g/mol. The van der Waals surface area contributed by atoms with E-state index in [1.807, 2.05) is 0 Å². The molecular formula is C15H14N2O3. The molecule has 0 spiro atoms. The molecule has 0 saturated carbocycles. The predicted molar refractivity (Wildman–Crippen MR) is 75.1 cm³/mol. The van der Waals surface area contributed by atoms with Gasteiger partial charge in [-0.05, 0) is 31.2 Å². The van der Waals surface area contributed by atoms with E-state index in [2.05, 4.69) is 10.3 Å². The number of pyridine rings is 1. The van der Waals surface area contributed by atoms with Crippen LogP contribution in [-0.4, -0.2) is 16.7 Å². The van der Waals surface area contributed by atoms with Gasteiger partial charge in [-0.15, -0.1) is 0 Å². The zero-order valence-electron chi connectivity index (χ0n) is 11.2. The van der Waals surface area contributed by atoms with E-state index in [0.29, 0.717) is 17.0 Å². The molecule has 1 N–H and O–H groups in total. The summed E-state index contributed by atoms with van der Waals surface area (Å²) in [6.07, 6.45) is 1.54. The third kappa shape index (κ3) is 3.20. The van der Waals surface area contributed by atoms with E-state index in [-0.39, 0.29) is 17.6 Å². The highest BCUT2D eigenvalue weighted by Crippen LogP contribution is 2.30. The van der Waals surface area contributed by atoms with E-state index in [1.54, 1.807) is 42.6 Å². The lowest BCUT2D eigenvalue weighted by Crippen LogP contribution is -2.07. The number of rotatable bonds is 4. The fourth-order valence-electron chi connectivity index (χ4n) is 1.69. The Balaban J connectivity index is 2.35. The van der Waals surface area contributed by atoms with Crippen molar-refractivity contribution in [3.8, 4) is 11.6 Å². The molecule has 0 fully saturated rings. The standard InChI is InChI=1S/C15H14N2O3/c1-10(18)12-6-5-9-16-15(12)20-14-8-4-3-7-13(14)17-11(2)19/h3-9H,1-2H3,(H,17,19). The smallest absolute Gasteiger partial charge is 0.230 e. The quantitative estimate of drug-likeness (QED) is 0.867. The Morgan fingerprint density at radius 3 is 2.55 bits per heavy atom. The number of nitrogens with one attached hydrogen (secondary N) is 1. The number of Topliss-reactive ketones (excluding diaryl/α,β-unsaturated/α-hetero) is 1. The first-order valence-corrected chi connectivity index (χ1v) is 6.08. The Labute approximate surface area is 116 Å². The Bertz CT molecular complexity index is 653. The van der Waals surface area contributed by atoms with E-state index in [9.17, 15) is 9.59 Å². The predicted octanol–water partition coefficient (Wildman–Crippen LogP) is 3.03. The van der Waals surface area contributed by atoms with Gasteiger partial charge < -0.3 is 10.1 Å². The summed E-state index contributed by atoms with van der Waals surface area (Å²) < 4.78 is 5.66. The molecule has 1 heterocycles. The lowest BCUT2D eigenvalue weighted by molar-refractivity contribution is -0.114. The summed E-state index contributed by atoms with van der Waals surface area (Å²) in [5.41, 5.74) is 0.922. The third-order valence-electron chi connectivity index (χ3n) is 2.55. The fraction of sp³-hybridized carbons (Fsp3) is 0.133. The second kappa shape index (κ2) is 5.97. The van der Waals surface area contributed by atoms with Crippen molar-refractivity contribution in [2.45, 2.75) is 13.8 Å². The van der Waals surface area contributed by atoms with Crippen molar-refractivity contribution >= 4 is 17.4 Å². The zero-order chi connectivity index (χ0) is 14.5. The van der Waals surface area contributed by atoms with Crippen LogP contribution in [0.25, 0.3) is 0 Å². The highest BCUT2D eigenvalue weighted by Gasteiger charge is 2.12. The number of ether oxygens (including phenoxy) is 1. The summed E-state index contributed by atoms with van der Waals surface area (Å²) in [6, 6.07) is 10.3. The average Bonchev–Trinajstić information content (AvgIpc) is 2.41. The van der Waals surface area contributed by atoms with Crippen LogP contribution in [0.15, 0.2) is 42.6 Å². The zero-order valence-corrected chi connectivity index (χ0v) is 11.2. The Kier molecular flexibility index (Phi) is 4.10. The summed E-state index contributed by atoms with van der Waals surface area (Å²) >= 11 is 0. The number of para-hydroxylation sites is 2. The largest absolute Gasteiger partial charge is 0.436 e. The maximum absolute atomic E-state index is 11.5. The maximum atomic E-state index is 11.5. The highest BCUT2D eigenvalue weighted by molar-refractivity contribution is 5.96. The third-order valence-corrected chi connectivity index (χ3v) is 2.55. The van der Waals surface area contributed by atoms with Gasteiger partial charge >= 0.3 is 0 Å². The lowest BCUT2D eigenvalue weighted by Gasteiger charge is -2.12. The number of hydrogen-bond acceptors (Lipinski definition) is 4. The van der Waals surface area contributed by atoms with E-state index >= 15 is 0 Å². The van der Waals surface area contributed by atoms with Crippen LogP contribution in [0.5, 0.6) is 11.6 Å². The number of nitrogens with zero attached hydrogens (tertiary/aromatic N) is 1. The molecule has 1 aromatic carbocycles. The fourth-order valence-corrected chi connectivity index (χ4v) is 1.69. The van der Waals surface area contributed by atoms with Gasteiger partial charge in [0.05, 0.1) is 11.3 Å². The van der Waals surface area contributed by atoms with Crippen molar-refractivity contribution in [2.24, 2.45) is 0 Å². The molecule has 0 aliphatic carbocycles. The normalized spacial score (nSPS) is 9.90. The second-order valence-corrected chi connectivity index (χ2v) is 4.19. The molecule has 0 radical (unpaired) electrons. The van der Waals surface area contributed by atoms with E-state index in [1.165, 1.54) is 13.8 Å². The molecule has 0 bridgehead atoms. The van der Waals surface area contributed by atoms with Gasteiger partial charge in [-0.3, -0.25) is 9.59 Å². The van der Waals surface area contributed by atoms with Crippen LogP contribution in [0.3, 0.4) is 0 Å². The topological polar surface area (TPSA) is 68.3 Å². The lowest BCUT2D eigenvalue weighted by atomic mass is 10.2. The molecule has 0 unspecified atom stereocenters. The molecule has 1 aromatic heterocycles. The molecule has 5 nitrogen and oxygen atoms in total. The Hall–Kier alpha value is -2.69. The first-order chi connectivity index (χ1) is 9.58. The van der Waals surface area contributed by atoms with E-state index in [0.717, 1.165) is 0 Å². The van der Waals surface area contributed by atoms with Crippen molar-refractivity contribution in [2.75, 3.05) is 5.32 Å². The van der Waals surface area contributed by atoms with Crippen molar-refractivity contribution in [1.29, 1.82) is 0 Å². The number of carbonyl (C=O) groups excluding carboxylic acids is 2. The number of aromatic nitrogens is 1. The van der Waals surface area contributed by atoms with Crippen LogP contribution in [0, 0.1) is 0 Å². The molecule has 2 rings (SSSR count). The van der Waals surface area contributed by atoms with Crippen molar-refractivity contribution < 1.29 is 14.3 Å². The Morgan fingerprint density at radius 2 is 1.85 bits per heavy atom. The van der Waals surface area contributed by atoms with Gasteiger partial charge in [0, 0.05) is 13.1 Å². The molecule has 20 heavy (non-hydrogen) atoms. The van der Waals surface area contributed by atoms with Crippen LogP contribution in [-0.2, 0) is 4.79 Å². The van der Waals surface area contributed by atoms with Gasteiger partial charge in [-0.2, -0.15) is 0 Å². The van der Waals surface area contributed by atoms with Crippen LogP contribution in [0.2, 0.25) is 0 Å². The first kappa shape index (κ1) is 13.7. The summed E-state index contributed by atoms with van der Waals surface area (Å²) in [7, 11) is 0. The van der Waals surface area contributed by atoms with Gasteiger partial charge in [0.1, 0.15) is 0 Å². The minimum absolute atomic E-state index is 0.134. The van der Waals surface area contributed by atoms with Crippen LogP contribution >= 0.6 is 0 Å². The number of hydrogen-bond donors (Lipinski definition) is 1. The minimum atomic E-state index is -0.200. The second-order valence-electron chi connectivity index (χ2n) is 4.19. The molecule has 0 aliphatic heterocycles. The number of carbonyl (C=O) groups is 2. The van der Waals surface area contributed by atoms with E-state index in [4.69, 9.17) is 4.74 Å². The molecule has 1 amide bonds. The molecule has 5 heteroatoms. The van der Waals surface area contributed by atoms with Gasteiger partial charge in [0.15, 0.2) is 11.5 Å². The Morgan fingerprint density at radius 1 is 1.10 bits per heavy atom. The van der Waals surface area contributed by atoms with Gasteiger partial charge in [0.2, 0.25) is 11.8 Å². The number of amides is 1. The van der Waals surface area contributed by atoms with Crippen LogP contribution in [0.4, 0.5) is 5.69 Å².